The van der Waals surface area contributed by atoms with Gasteiger partial charge in [0.1, 0.15) is 94.6 Å². The molecule has 6 rings (SSSR count). The van der Waals surface area contributed by atoms with Crippen molar-refractivity contribution in [3.05, 3.63) is 56.8 Å². The number of unbranched alkanes of at least 4 members (excludes halogenated alkanes) is 1. The number of aromatic nitrogens is 6. The van der Waals surface area contributed by atoms with Crippen LogP contribution >= 0.6 is 22.7 Å². The molecule has 566 valence electrons. The van der Waals surface area contributed by atoms with Crippen LogP contribution in [0.3, 0.4) is 0 Å². The Balaban J connectivity index is 0.00000455. The van der Waals surface area contributed by atoms with Crippen molar-refractivity contribution in [3.8, 4) is 10.7 Å². The normalized spacial score (nSPS) is 22.9. The lowest BCUT2D eigenvalue weighted by Gasteiger charge is -2.47. The number of imidazole rings is 1. The van der Waals surface area contributed by atoms with Gasteiger partial charge >= 0.3 is 6.09 Å². The Hall–Kier alpha value is -8.91. The number of carbonyl (C=O) groups is 9. The highest BCUT2D eigenvalue weighted by molar-refractivity contribution is 7.14. The van der Waals surface area contributed by atoms with Crippen molar-refractivity contribution >= 4 is 87.9 Å². The minimum absolute atomic E-state index is 0.0175. The molecule has 2 aliphatic heterocycles. The van der Waals surface area contributed by atoms with E-state index in [0.29, 0.717) is 41.6 Å². The number of hydrogen-bond acceptors (Lipinski definition) is 33. The van der Waals surface area contributed by atoms with Crippen molar-refractivity contribution in [3.63, 3.8) is 0 Å². The molecule has 2 fully saturated rings. The molecule has 0 radical (unpaired) electrons. The zero-order valence-corrected chi connectivity index (χ0v) is 57.3. The number of primary amides is 3. The topological polar surface area (TPSA) is 729 Å². The Bertz CT molecular complexity index is 3490. The molecule has 102 heavy (non-hydrogen) atoms. The van der Waals surface area contributed by atoms with E-state index < -0.39 is 189 Å². The fourth-order valence-electron chi connectivity index (χ4n) is 9.88. The van der Waals surface area contributed by atoms with Crippen LogP contribution in [0.15, 0.2) is 28.3 Å². The molecule has 1 unspecified atom stereocenters. The first kappa shape index (κ1) is 83.7. The Labute approximate surface area is 588 Å². The molecule has 30 N–H and O–H groups in total. The fraction of sp³-hybridized carbons (Fsp3) is 0.596. The molecular weight excluding hydrogens is 1400 g/mol. The van der Waals surface area contributed by atoms with E-state index in [1.807, 2.05) is 0 Å². The van der Waals surface area contributed by atoms with E-state index in [2.05, 4.69) is 66.8 Å². The number of ether oxygens (including phenoxy) is 5. The Morgan fingerprint density at radius 3 is 2.04 bits per heavy atom. The number of nitrogens with one attached hydrogen (secondary N) is 7. The lowest BCUT2D eigenvalue weighted by molar-refractivity contribution is -0.372. The summed E-state index contributed by atoms with van der Waals surface area (Å²) in [5, 5.41) is 115. The Kier molecular flexibility index (Phi) is 32.4. The lowest BCUT2D eigenvalue weighted by atomic mass is 9.96. The zero-order valence-electron chi connectivity index (χ0n) is 55.6. The van der Waals surface area contributed by atoms with Crippen LogP contribution < -0.4 is 72.0 Å². The minimum Gasteiger partial charge on any atom is -0.481 e. The van der Waals surface area contributed by atoms with Crippen LogP contribution in [0.1, 0.15) is 102 Å². The summed E-state index contributed by atoms with van der Waals surface area (Å²) in [5.41, 5.74) is 38.6. The number of rotatable bonds is 36. The number of aliphatic carboxylic acids is 1. The summed E-state index contributed by atoms with van der Waals surface area (Å²) in [6, 6.07) is -7.89. The largest absolute Gasteiger partial charge is 0.481 e. The van der Waals surface area contributed by atoms with Crippen molar-refractivity contribution in [1.82, 2.24) is 61.8 Å². The van der Waals surface area contributed by atoms with Crippen molar-refractivity contribution < 1.29 is 113 Å². The number of guanidine groups is 1. The van der Waals surface area contributed by atoms with Gasteiger partial charge in [0, 0.05) is 62.3 Å². The SMILES string of the molecule is CC(=O)O.Cc1c(N)nc([C@H](CC(N)=O)NC[C@H](N)C(N)=O)nc1C(=O)N[C@H](C(=O)N[C@H](C)[C@@H](O)[C@H](C)C(=O)NC(C(=O)NCCc1nc(-c2nc(C(=O)NCCCCN=C(N)N)cs2)cs1)[C@@H](C)O)[C@@H](O[C@@H]1O[C@@H](CO)[C@@H](O)[C@@H](O)[C@@H]1O[C@H]1O[C@H](CO)[C@@H](O)[C@H](OC(N)=O)[C@@H]1O)c1cnc[nH]1. The molecule has 0 saturated carbocycles. The number of nitrogens with two attached hydrogens (primary N) is 7. The highest BCUT2D eigenvalue weighted by Crippen LogP contribution is 2.35. The lowest BCUT2D eigenvalue weighted by Crippen LogP contribution is -2.65. The van der Waals surface area contributed by atoms with Crippen LogP contribution in [0.2, 0.25) is 0 Å². The molecule has 45 heteroatoms. The van der Waals surface area contributed by atoms with E-state index >= 15 is 4.79 Å². The third kappa shape index (κ3) is 23.8. The van der Waals surface area contributed by atoms with Gasteiger partial charge in [0.2, 0.25) is 29.5 Å². The van der Waals surface area contributed by atoms with Crippen molar-refractivity contribution in [1.29, 1.82) is 0 Å². The van der Waals surface area contributed by atoms with Gasteiger partial charge in [-0.15, -0.1) is 22.7 Å². The Morgan fingerprint density at radius 2 is 1.43 bits per heavy atom. The predicted octanol–water partition coefficient (Wildman–Crippen LogP) is -8.83. The molecule has 0 aromatic carbocycles. The predicted molar refractivity (Wildman–Crippen MR) is 353 cm³/mol. The first-order valence-corrected chi connectivity index (χ1v) is 33.0. The number of nitrogen functional groups attached to an aromatic ring is 1. The number of carboxylic acid groups (broad SMARTS) is 1. The van der Waals surface area contributed by atoms with Gasteiger partial charge in [-0.2, -0.15) is 0 Å². The van der Waals surface area contributed by atoms with Crippen LogP contribution in [0.25, 0.3) is 10.7 Å². The Morgan fingerprint density at radius 1 is 0.765 bits per heavy atom. The number of H-pyrrole nitrogens is 1. The van der Waals surface area contributed by atoms with Crippen molar-refractivity contribution in [2.24, 2.45) is 45.3 Å². The summed E-state index contributed by atoms with van der Waals surface area (Å²) in [5.74, 6) is -9.68. The number of aliphatic hydroxyl groups is 8. The van der Waals surface area contributed by atoms with Gasteiger partial charge in [-0.1, -0.05) is 6.92 Å². The van der Waals surface area contributed by atoms with E-state index in [0.717, 1.165) is 19.4 Å². The molecule has 6 heterocycles. The number of nitrogens with zero attached hydrogens (tertiary/aromatic N) is 6. The maximum Gasteiger partial charge on any atom is 0.404 e. The summed E-state index contributed by atoms with van der Waals surface area (Å²) in [7, 11) is 0. The quantitative estimate of drug-likeness (QED) is 0.0114. The number of thiazole rings is 2. The van der Waals surface area contributed by atoms with Gasteiger partial charge in [0.15, 0.2) is 24.6 Å². The van der Waals surface area contributed by atoms with Crippen LogP contribution in [0.4, 0.5) is 10.6 Å². The van der Waals surface area contributed by atoms with E-state index in [-0.39, 0.29) is 60.0 Å². The van der Waals surface area contributed by atoms with Gasteiger partial charge in [-0.3, -0.25) is 43.3 Å². The second-order valence-corrected chi connectivity index (χ2v) is 25.1. The molecular formula is C57H88N20O23S2. The van der Waals surface area contributed by atoms with E-state index in [4.69, 9.17) is 73.7 Å². The van der Waals surface area contributed by atoms with Crippen molar-refractivity contribution in [2.75, 3.05) is 45.1 Å². The third-order valence-electron chi connectivity index (χ3n) is 15.4. The van der Waals surface area contributed by atoms with Gasteiger partial charge in [-0.25, -0.2) is 29.7 Å². The molecule has 2 saturated heterocycles. The highest BCUT2D eigenvalue weighted by Gasteiger charge is 2.54. The smallest absolute Gasteiger partial charge is 0.404 e. The average Bonchev–Trinajstić information content (AvgIpc) is 0.919. The summed E-state index contributed by atoms with van der Waals surface area (Å²) >= 11 is 2.46. The maximum absolute atomic E-state index is 15.2. The summed E-state index contributed by atoms with van der Waals surface area (Å²) in [4.78, 5) is 144. The van der Waals surface area contributed by atoms with Gasteiger partial charge in [0.05, 0.1) is 72.7 Å². The van der Waals surface area contributed by atoms with Crippen molar-refractivity contribution in [2.45, 2.75) is 170 Å². The molecule has 0 bridgehead atoms. The molecule has 8 amide bonds. The zero-order chi connectivity index (χ0) is 76.0. The highest BCUT2D eigenvalue weighted by atomic mass is 32.1. The summed E-state index contributed by atoms with van der Waals surface area (Å²) in [6.45, 7) is 4.47. The van der Waals surface area contributed by atoms with Crippen LogP contribution in [0, 0.1) is 12.8 Å². The van der Waals surface area contributed by atoms with Crippen LogP contribution in [0.5, 0.6) is 0 Å². The monoisotopic (exact) mass is 1480 g/mol. The maximum atomic E-state index is 15.2. The summed E-state index contributed by atoms with van der Waals surface area (Å²) in [6.07, 6.45) is -23.9. The number of aromatic amines is 1. The molecule has 4 aromatic rings. The average molecular weight is 1490 g/mol. The molecule has 19 atom stereocenters. The number of aliphatic imine (C=N–C) groups is 1. The first-order chi connectivity index (χ1) is 48.1. The fourth-order valence-corrected chi connectivity index (χ4v) is 11.5. The number of aliphatic hydroxyl groups excluding tert-OH is 8. The van der Waals surface area contributed by atoms with E-state index in [9.17, 15) is 74.4 Å². The van der Waals surface area contributed by atoms with E-state index in [1.54, 1.807) is 10.8 Å². The molecule has 2 aliphatic rings. The molecule has 4 aromatic heterocycles. The van der Waals surface area contributed by atoms with Gasteiger partial charge in [0.25, 0.3) is 17.8 Å². The standard InChI is InChI=1S/C55H84N20O21S2.C2H4O2/c1-19-32(72-45(75-43(19)58)24(11-30(57)79)67-12-23(56)44(59)85)49(89)74-34(40(25-13-63-18-68-25)94-53-42(38(83)36(81)28(14-76)93-53)95-52-39(84)41(96-55(62)91)37(82)29(15-77)92-52)50(90)69-21(3)35(80)20(2)46(86)73-33(22(4)78)48(88)65-10-7-31-70-27(17-97-31)51-71-26(16-98-51)47(87)64-8-5-6-9-66-54(60)61;1-2(3)4/h13,16-18,20-24,28-29,33-42,52-53,67,76-78,80-84H,5-12,14-15,56H2,1-4H3,(H2,57,79)(H2,59,85)(H2,62,91)(H,63,68)(H,64,87)(H,65,88)(H,69,90)(H,73,86)(H,74,89)(H2,58,72,75)(H4,60,61,66);1H3,(H,3,4)/t20-,21+,22+,23-,24-,28-,29+,33?,34-,35-,36+,37+,38+,39-,40-,41-,42-,52+,53-;/m0./s1. The van der Waals surface area contributed by atoms with Crippen LogP contribution in [-0.4, -0.2) is 272 Å². The number of carbonyl (C=O) groups excluding carboxylic acids is 8. The van der Waals surface area contributed by atoms with Gasteiger partial charge in [-0.05, 0) is 33.6 Å². The van der Waals surface area contributed by atoms with E-state index in [1.165, 1.54) is 50.4 Å². The molecule has 0 aliphatic carbocycles. The second-order valence-electron chi connectivity index (χ2n) is 23.3. The van der Waals surface area contributed by atoms with Crippen LogP contribution in [-0.2, 0) is 58.9 Å². The van der Waals surface area contributed by atoms with Gasteiger partial charge < -0.3 is 147 Å². The number of hydrogen-bond donors (Lipinski definition) is 23. The number of carboxylic acids is 1. The molecule has 43 nitrogen and oxygen atoms in total. The third-order valence-corrected chi connectivity index (χ3v) is 17.2. The first-order valence-electron chi connectivity index (χ1n) is 31.3. The molecule has 0 spiro atoms. The minimum atomic E-state index is -2.20. The number of anilines is 1. The summed E-state index contributed by atoms with van der Waals surface area (Å²) < 4.78 is 28.7. The second kappa shape index (κ2) is 39.5. The number of amides is 8.